The predicted molar refractivity (Wildman–Crippen MR) is 89.8 cm³/mol. The molecule has 1 atom stereocenters. The number of aromatic nitrogens is 1. The first-order valence-electron chi connectivity index (χ1n) is 7.79. The first-order chi connectivity index (χ1) is 10.8. The van der Waals surface area contributed by atoms with Crippen LogP contribution in [0.5, 0.6) is 0 Å². The zero-order valence-electron chi connectivity index (χ0n) is 12.9. The van der Waals surface area contributed by atoms with Gasteiger partial charge in [0.15, 0.2) is 5.96 Å². The Labute approximate surface area is 131 Å². The van der Waals surface area contributed by atoms with Crippen molar-refractivity contribution in [1.82, 2.24) is 15.6 Å². The molecule has 3 rings (SSSR count). The van der Waals surface area contributed by atoms with Gasteiger partial charge < -0.3 is 10.6 Å². The predicted octanol–water partition coefficient (Wildman–Crippen LogP) is 2.30. The highest BCUT2D eigenvalue weighted by molar-refractivity contribution is 5.80. The standard InChI is InChI=1S/C18H22N4/c1-19-18(21-13-17-8-4-5-11-20-17)22-16-10-9-14-6-2-3-7-15(14)12-16/h2-8,11,16H,9-10,12-13H2,1H3,(H2,19,21,22). The highest BCUT2D eigenvalue weighted by Gasteiger charge is 2.18. The number of guanidine groups is 1. The number of aliphatic imine (C=N–C) groups is 1. The van der Waals surface area contributed by atoms with Crippen LogP contribution in [0.2, 0.25) is 0 Å². The van der Waals surface area contributed by atoms with E-state index in [9.17, 15) is 0 Å². The minimum absolute atomic E-state index is 0.435. The fourth-order valence-corrected chi connectivity index (χ4v) is 2.89. The molecule has 22 heavy (non-hydrogen) atoms. The third-order valence-corrected chi connectivity index (χ3v) is 4.07. The minimum atomic E-state index is 0.435. The van der Waals surface area contributed by atoms with Crippen molar-refractivity contribution >= 4 is 5.96 Å². The van der Waals surface area contributed by atoms with E-state index in [1.54, 1.807) is 0 Å². The van der Waals surface area contributed by atoms with Crippen LogP contribution in [0.3, 0.4) is 0 Å². The molecule has 2 aromatic rings. The molecular weight excluding hydrogens is 272 g/mol. The lowest BCUT2D eigenvalue weighted by atomic mass is 9.88. The van der Waals surface area contributed by atoms with Crippen molar-refractivity contribution in [2.75, 3.05) is 7.05 Å². The molecule has 1 heterocycles. The molecular formula is C18H22N4. The Morgan fingerprint density at radius 2 is 2.00 bits per heavy atom. The molecule has 0 saturated heterocycles. The third-order valence-electron chi connectivity index (χ3n) is 4.07. The number of fused-ring (bicyclic) bond motifs is 1. The first-order valence-corrected chi connectivity index (χ1v) is 7.79. The van der Waals surface area contributed by atoms with Gasteiger partial charge in [0.05, 0.1) is 12.2 Å². The van der Waals surface area contributed by atoms with E-state index in [-0.39, 0.29) is 0 Å². The van der Waals surface area contributed by atoms with Gasteiger partial charge in [-0.15, -0.1) is 0 Å². The number of hydrogen-bond donors (Lipinski definition) is 2. The van der Waals surface area contributed by atoms with Crippen molar-refractivity contribution in [1.29, 1.82) is 0 Å². The Morgan fingerprint density at radius 1 is 1.18 bits per heavy atom. The molecule has 2 N–H and O–H groups in total. The maximum Gasteiger partial charge on any atom is 0.191 e. The summed E-state index contributed by atoms with van der Waals surface area (Å²) in [6.45, 7) is 0.684. The molecule has 0 saturated carbocycles. The molecule has 0 amide bonds. The van der Waals surface area contributed by atoms with Gasteiger partial charge in [-0.25, -0.2) is 0 Å². The van der Waals surface area contributed by atoms with Gasteiger partial charge in [0.2, 0.25) is 0 Å². The molecule has 1 aromatic heterocycles. The number of pyridine rings is 1. The third kappa shape index (κ3) is 3.64. The van der Waals surface area contributed by atoms with Crippen LogP contribution in [0.15, 0.2) is 53.7 Å². The Kier molecular flexibility index (Phi) is 4.68. The zero-order valence-corrected chi connectivity index (χ0v) is 12.9. The quantitative estimate of drug-likeness (QED) is 0.674. The van der Waals surface area contributed by atoms with Gasteiger partial charge in [-0.05, 0) is 42.5 Å². The lowest BCUT2D eigenvalue weighted by Crippen LogP contribution is -2.45. The van der Waals surface area contributed by atoms with Crippen molar-refractivity contribution in [3.63, 3.8) is 0 Å². The number of benzene rings is 1. The molecule has 1 aliphatic rings. The number of hydrogen-bond acceptors (Lipinski definition) is 2. The average molecular weight is 294 g/mol. The lowest BCUT2D eigenvalue weighted by Gasteiger charge is -2.27. The van der Waals surface area contributed by atoms with E-state index >= 15 is 0 Å². The summed E-state index contributed by atoms with van der Waals surface area (Å²) in [7, 11) is 1.81. The second-order valence-electron chi connectivity index (χ2n) is 5.60. The summed E-state index contributed by atoms with van der Waals surface area (Å²) in [5, 5.41) is 6.86. The van der Waals surface area contributed by atoms with Crippen LogP contribution in [0.25, 0.3) is 0 Å². The van der Waals surface area contributed by atoms with E-state index in [0.717, 1.165) is 30.9 Å². The van der Waals surface area contributed by atoms with Crippen LogP contribution < -0.4 is 10.6 Å². The second kappa shape index (κ2) is 7.07. The summed E-state index contributed by atoms with van der Waals surface area (Å²) in [4.78, 5) is 8.64. The van der Waals surface area contributed by atoms with E-state index in [0.29, 0.717) is 12.6 Å². The van der Waals surface area contributed by atoms with Crippen LogP contribution in [-0.2, 0) is 19.4 Å². The molecule has 1 aromatic carbocycles. The van der Waals surface area contributed by atoms with Crippen LogP contribution in [0.1, 0.15) is 23.2 Å². The molecule has 0 bridgehead atoms. The van der Waals surface area contributed by atoms with Gasteiger partial charge in [-0.3, -0.25) is 9.98 Å². The number of nitrogens with zero attached hydrogens (tertiary/aromatic N) is 2. The topological polar surface area (TPSA) is 49.3 Å². The fourth-order valence-electron chi connectivity index (χ4n) is 2.89. The Morgan fingerprint density at radius 3 is 2.77 bits per heavy atom. The maximum atomic E-state index is 4.32. The van der Waals surface area contributed by atoms with Gasteiger partial charge in [0.25, 0.3) is 0 Å². The number of nitrogens with one attached hydrogen (secondary N) is 2. The molecule has 0 radical (unpaired) electrons. The summed E-state index contributed by atoms with van der Waals surface area (Å²) in [6, 6.07) is 15.1. The molecule has 0 spiro atoms. The summed E-state index contributed by atoms with van der Waals surface area (Å²) < 4.78 is 0. The van der Waals surface area contributed by atoms with Crippen molar-refractivity contribution in [3.05, 3.63) is 65.5 Å². The van der Waals surface area contributed by atoms with Gasteiger partial charge in [0.1, 0.15) is 0 Å². The molecule has 0 aliphatic heterocycles. The lowest BCUT2D eigenvalue weighted by molar-refractivity contribution is 0.520. The van der Waals surface area contributed by atoms with E-state index in [4.69, 9.17) is 0 Å². The summed E-state index contributed by atoms with van der Waals surface area (Å²) in [5.41, 5.74) is 3.95. The maximum absolute atomic E-state index is 4.32. The molecule has 114 valence electrons. The summed E-state index contributed by atoms with van der Waals surface area (Å²) in [6.07, 6.45) is 5.14. The molecule has 1 unspecified atom stereocenters. The van der Waals surface area contributed by atoms with Gasteiger partial charge in [-0.1, -0.05) is 30.3 Å². The van der Waals surface area contributed by atoms with Crippen LogP contribution in [-0.4, -0.2) is 24.0 Å². The zero-order chi connectivity index (χ0) is 15.2. The average Bonchev–Trinajstić information content (AvgIpc) is 2.59. The summed E-state index contributed by atoms with van der Waals surface area (Å²) >= 11 is 0. The Hall–Kier alpha value is -2.36. The molecule has 1 aliphatic carbocycles. The largest absolute Gasteiger partial charge is 0.353 e. The number of rotatable bonds is 3. The number of aryl methyl sites for hydroxylation is 1. The van der Waals surface area contributed by atoms with Gasteiger partial charge in [-0.2, -0.15) is 0 Å². The monoisotopic (exact) mass is 294 g/mol. The van der Waals surface area contributed by atoms with Crippen LogP contribution in [0, 0.1) is 0 Å². The van der Waals surface area contributed by atoms with E-state index in [1.165, 1.54) is 11.1 Å². The van der Waals surface area contributed by atoms with Crippen LogP contribution in [0.4, 0.5) is 0 Å². The Balaban J connectivity index is 1.55. The van der Waals surface area contributed by atoms with Crippen molar-refractivity contribution in [2.45, 2.75) is 31.8 Å². The minimum Gasteiger partial charge on any atom is -0.353 e. The van der Waals surface area contributed by atoms with E-state index in [2.05, 4.69) is 44.9 Å². The van der Waals surface area contributed by atoms with Crippen molar-refractivity contribution in [2.24, 2.45) is 4.99 Å². The summed E-state index contributed by atoms with van der Waals surface area (Å²) in [5.74, 6) is 0.843. The smallest absolute Gasteiger partial charge is 0.191 e. The Bertz CT molecular complexity index is 637. The molecule has 4 heteroatoms. The first kappa shape index (κ1) is 14.6. The fraction of sp³-hybridized carbons (Fsp3) is 0.333. The molecule has 4 nitrogen and oxygen atoms in total. The SMILES string of the molecule is CN=C(NCc1ccccn1)NC1CCc2ccccc2C1. The normalized spacial score (nSPS) is 17.7. The van der Waals surface area contributed by atoms with E-state index < -0.39 is 0 Å². The molecule has 0 fully saturated rings. The van der Waals surface area contributed by atoms with Crippen molar-refractivity contribution in [3.8, 4) is 0 Å². The van der Waals surface area contributed by atoms with Crippen molar-refractivity contribution < 1.29 is 0 Å². The second-order valence-corrected chi connectivity index (χ2v) is 5.60. The highest BCUT2D eigenvalue weighted by Crippen LogP contribution is 2.20. The highest BCUT2D eigenvalue weighted by atomic mass is 15.2. The van der Waals surface area contributed by atoms with Crippen LogP contribution >= 0.6 is 0 Å². The van der Waals surface area contributed by atoms with E-state index in [1.807, 2.05) is 31.4 Å². The van der Waals surface area contributed by atoms with Gasteiger partial charge >= 0.3 is 0 Å². The van der Waals surface area contributed by atoms with Gasteiger partial charge in [0, 0.05) is 19.3 Å².